The van der Waals surface area contributed by atoms with Crippen molar-refractivity contribution in [2.45, 2.75) is 11.2 Å². The molecule has 0 aromatic heterocycles. The van der Waals surface area contributed by atoms with Gasteiger partial charge < -0.3 is 10.1 Å². The van der Waals surface area contributed by atoms with Gasteiger partial charge in [0.05, 0.1) is 12.1 Å². The zero-order valence-electron chi connectivity index (χ0n) is 11.6. The van der Waals surface area contributed by atoms with Crippen LogP contribution in [0.3, 0.4) is 0 Å². The van der Waals surface area contributed by atoms with E-state index >= 15 is 0 Å². The van der Waals surface area contributed by atoms with Crippen LogP contribution in [0.5, 0.6) is 5.75 Å². The van der Waals surface area contributed by atoms with Gasteiger partial charge in [-0.25, -0.2) is 12.7 Å². The standard InChI is InChI=1S/C13H15ClN2O4S/c1-16-7-8-6-13(8,21(16,18)19)12(17)15-9-3-4-11(20-2)10(14)5-9/h3-5,8H,6-7H2,1-2H3,(H,15,17)/t8-,13-/m0/s1. The van der Waals surface area contributed by atoms with Crippen molar-refractivity contribution < 1.29 is 17.9 Å². The number of ether oxygens (including phenoxy) is 1. The smallest absolute Gasteiger partial charge is 0.247 e. The van der Waals surface area contributed by atoms with Gasteiger partial charge in [-0.2, -0.15) is 0 Å². The van der Waals surface area contributed by atoms with Crippen LogP contribution in [0.25, 0.3) is 0 Å². The number of nitrogens with zero attached hydrogens (tertiary/aromatic N) is 1. The molecule has 0 spiro atoms. The Hall–Kier alpha value is -1.31. The number of hydrogen-bond acceptors (Lipinski definition) is 4. The molecule has 0 unspecified atom stereocenters. The first-order valence-electron chi connectivity index (χ1n) is 6.44. The van der Waals surface area contributed by atoms with Crippen molar-refractivity contribution in [2.75, 3.05) is 26.0 Å². The molecular weight excluding hydrogens is 316 g/mol. The average molecular weight is 331 g/mol. The Morgan fingerprint density at radius 1 is 1.52 bits per heavy atom. The summed E-state index contributed by atoms with van der Waals surface area (Å²) in [6, 6.07) is 4.79. The number of methoxy groups -OCH3 is 1. The molecule has 114 valence electrons. The van der Waals surface area contributed by atoms with E-state index in [-0.39, 0.29) is 5.92 Å². The van der Waals surface area contributed by atoms with Crippen molar-refractivity contribution in [2.24, 2.45) is 5.92 Å². The number of nitrogens with one attached hydrogen (secondary N) is 1. The highest BCUT2D eigenvalue weighted by atomic mass is 35.5. The SMILES string of the molecule is COc1ccc(NC(=O)[C@]23C[C@H]2CN(C)S3(=O)=O)cc1Cl. The summed E-state index contributed by atoms with van der Waals surface area (Å²) in [7, 11) is -0.575. The first-order valence-corrected chi connectivity index (χ1v) is 8.25. The van der Waals surface area contributed by atoms with Crippen LogP contribution < -0.4 is 10.1 Å². The molecule has 1 heterocycles. The molecule has 1 aliphatic heterocycles. The summed E-state index contributed by atoms with van der Waals surface area (Å²) in [5.41, 5.74) is 0.454. The van der Waals surface area contributed by atoms with E-state index in [1.165, 1.54) is 24.5 Å². The number of amides is 1. The fraction of sp³-hybridized carbons (Fsp3) is 0.462. The molecule has 6 nitrogen and oxygen atoms in total. The van der Waals surface area contributed by atoms with E-state index < -0.39 is 20.7 Å². The van der Waals surface area contributed by atoms with Gasteiger partial charge in [0.2, 0.25) is 15.9 Å². The molecule has 1 amide bonds. The summed E-state index contributed by atoms with van der Waals surface area (Å²) in [4.78, 5) is 12.4. The summed E-state index contributed by atoms with van der Waals surface area (Å²) in [5, 5.41) is 3.00. The van der Waals surface area contributed by atoms with Crippen molar-refractivity contribution in [3.8, 4) is 5.75 Å². The van der Waals surface area contributed by atoms with Gasteiger partial charge in [0.25, 0.3) is 0 Å². The Morgan fingerprint density at radius 3 is 2.76 bits per heavy atom. The molecule has 0 bridgehead atoms. The Labute approximate surface area is 128 Å². The second-order valence-corrected chi connectivity index (χ2v) is 8.09. The third-order valence-electron chi connectivity index (χ3n) is 4.19. The topological polar surface area (TPSA) is 75.7 Å². The molecular formula is C13H15ClN2O4S. The minimum Gasteiger partial charge on any atom is -0.495 e. The fourth-order valence-corrected chi connectivity index (χ4v) is 5.28. The molecule has 2 aliphatic rings. The number of benzene rings is 1. The lowest BCUT2D eigenvalue weighted by Crippen LogP contribution is -2.40. The largest absolute Gasteiger partial charge is 0.495 e. The number of fused-ring (bicyclic) bond motifs is 1. The normalized spacial score (nSPS) is 29.8. The van der Waals surface area contributed by atoms with Gasteiger partial charge >= 0.3 is 0 Å². The fourth-order valence-electron chi connectivity index (χ4n) is 2.90. The van der Waals surface area contributed by atoms with E-state index in [1.54, 1.807) is 12.1 Å². The lowest BCUT2D eigenvalue weighted by Gasteiger charge is -2.17. The van der Waals surface area contributed by atoms with Crippen LogP contribution in [-0.2, 0) is 14.8 Å². The number of anilines is 1. The van der Waals surface area contributed by atoms with Crippen LogP contribution >= 0.6 is 11.6 Å². The third kappa shape index (κ3) is 1.95. The molecule has 8 heteroatoms. The van der Waals surface area contributed by atoms with Crippen LogP contribution in [-0.4, -0.2) is 44.1 Å². The number of hydrogen-bond donors (Lipinski definition) is 1. The van der Waals surface area contributed by atoms with Crippen LogP contribution in [0.1, 0.15) is 6.42 Å². The number of carbonyl (C=O) groups excluding carboxylic acids is 1. The summed E-state index contributed by atoms with van der Waals surface area (Å²) >= 11 is 5.99. The minimum absolute atomic E-state index is 0.124. The Balaban J connectivity index is 1.84. The number of sulfonamides is 1. The maximum atomic E-state index is 12.4. The monoisotopic (exact) mass is 330 g/mol. The first-order chi connectivity index (χ1) is 9.82. The maximum Gasteiger partial charge on any atom is 0.247 e. The second kappa shape index (κ2) is 4.59. The lowest BCUT2D eigenvalue weighted by molar-refractivity contribution is -0.116. The predicted molar refractivity (Wildman–Crippen MR) is 79.0 cm³/mol. The zero-order chi connectivity index (χ0) is 15.4. The van der Waals surface area contributed by atoms with Gasteiger partial charge in [-0.15, -0.1) is 0 Å². The summed E-state index contributed by atoms with van der Waals surface area (Å²) in [6.07, 6.45) is 0.384. The quantitative estimate of drug-likeness (QED) is 0.907. The van der Waals surface area contributed by atoms with Crippen molar-refractivity contribution >= 4 is 33.2 Å². The molecule has 2 atom stereocenters. The van der Waals surface area contributed by atoms with E-state index in [0.717, 1.165) is 0 Å². The number of rotatable bonds is 3. The molecule has 3 rings (SSSR count). The highest BCUT2D eigenvalue weighted by Crippen LogP contribution is 2.57. The molecule has 1 saturated carbocycles. The van der Waals surface area contributed by atoms with Crippen molar-refractivity contribution in [3.05, 3.63) is 23.2 Å². The van der Waals surface area contributed by atoms with Crippen LogP contribution in [0.15, 0.2) is 18.2 Å². The summed E-state index contributed by atoms with van der Waals surface area (Å²) < 4.78 is 29.5. The zero-order valence-corrected chi connectivity index (χ0v) is 13.2. The Bertz CT molecular complexity index is 721. The van der Waals surface area contributed by atoms with Crippen LogP contribution in [0, 0.1) is 5.92 Å². The van der Waals surface area contributed by atoms with Gasteiger partial charge in [0, 0.05) is 25.2 Å². The third-order valence-corrected chi connectivity index (χ3v) is 7.06. The average Bonchev–Trinajstić information content (AvgIpc) is 3.10. The second-order valence-electron chi connectivity index (χ2n) is 5.38. The summed E-state index contributed by atoms with van der Waals surface area (Å²) in [6.45, 7) is 0.402. The van der Waals surface area contributed by atoms with E-state index in [1.807, 2.05) is 0 Å². The highest BCUT2D eigenvalue weighted by molar-refractivity contribution is 7.92. The van der Waals surface area contributed by atoms with E-state index in [4.69, 9.17) is 16.3 Å². The van der Waals surface area contributed by atoms with Crippen molar-refractivity contribution in [1.29, 1.82) is 0 Å². The molecule has 2 fully saturated rings. The molecule has 21 heavy (non-hydrogen) atoms. The summed E-state index contributed by atoms with van der Waals surface area (Å²) in [5.74, 6) is -0.121. The van der Waals surface area contributed by atoms with Gasteiger partial charge in [0.15, 0.2) is 4.75 Å². The molecule has 0 radical (unpaired) electrons. The molecule has 1 aromatic rings. The lowest BCUT2D eigenvalue weighted by atomic mass is 10.2. The molecule has 1 aromatic carbocycles. The van der Waals surface area contributed by atoms with E-state index in [9.17, 15) is 13.2 Å². The van der Waals surface area contributed by atoms with Crippen LogP contribution in [0.2, 0.25) is 5.02 Å². The van der Waals surface area contributed by atoms with Gasteiger partial charge in [0.1, 0.15) is 5.75 Å². The Kier molecular flexibility index (Phi) is 3.20. The highest BCUT2D eigenvalue weighted by Gasteiger charge is 2.74. The van der Waals surface area contributed by atoms with E-state index in [2.05, 4.69) is 5.32 Å². The number of carbonyl (C=O) groups is 1. The van der Waals surface area contributed by atoms with Gasteiger partial charge in [-0.1, -0.05) is 11.6 Å². The molecule has 1 N–H and O–H groups in total. The van der Waals surface area contributed by atoms with Crippen molar-refractivity contribution in [3.63, 3.8) is 0 Å². The van der Waals surface area contributed by atoms with Gasteiger partial charge in [-0.05, 0) is 24.6 Å². The van der Waals surface area contributed by atoms with Crippen molar-refractivity contribution in [1.82, 2.24) is 4.31 Å². The predicted octanol–water partition coefficient (Wildman–Crippen LogP) is 1.32. The first kappa shape index (κ1) is 14.6. The van der Waals surface area contributed by atoms with Crippen LogP contribution in [0.4, 0.5) is 5.69 Å². The maximum absolute atomic E-state index is 12.4. The van der Waals surface area contributed by atoms with Gasteiger partial charge in [-0.3, -0.25) is 4.79 Å². The van der Waals surface area contributed by atoms with E-state index in [0.29, 0.717) is 29.4 Å². The minimum atomic E-state index is -3.57. The molecule has 1 saturated heterocycles. The molecule has 1 aliphatic carbocycles. The Morgan fingerprint density at radius 2 is 2.24 bits per heavy atom. The number of halogens is 1.